The lowest BCUT2D eigenvalue weighted by Gasteiger charge is -2.49. The highest BCUT2D eigenvalue weighted by atomic mass is 127. The van der Waals surface area contributed by atoms with Crippen molar-refractivity contribution >= 4 is 29.9 Å². The number of halogens is 1. The first-order chi connectivity index (χ1) is 13.6. The summed E-state index contributed by atoms with van der Waals surface area (Å²) in [5.74, 6) is 1.03. The number of nitrogens with zero attached hydrogens (tertiary/aromatic N) is 4. The van der Waals surface area contributed by atoms with Crippen molar-refractivity contribution in [3.8, 4) is 0 Å². The molecule has 3 rings (SSSR count). The minimum atomic E-state index is 0. The molecule has 6 heteroatoms. The molecule has 1 aromatic rings. The number of hydrogen-bond donors (Lipinski definition) is 1. The van der Waals surface area contributed by atoms with Crippen molar-refractivity contribution < 1.29 is 0 Å². The van der Waals surface area contributed by atoms with Crippen LogP contribution in [-0.2, 0) is 6.54 Å². The molecular formula is C23H40IN5. The average Bonchev–Trinajstić information content (AvgIpc) is 2.74. The van der Waals surface area contributed by atoms with E-state index in [0.29, 0.717) is 0 Å². The number of benzene rings is 1. The summed E-state index contributed by atoms with van der Waals surface area (Å²) in [5, 5.41) is 3.52. The molecule has 0 radical (unpaired) electrons. The van der Waals surface area contributed by atoms with Gasteiger partial charge >= 0.3 is 0 Å². The molecule has 5 nitrogen and oxygen atoms in total. The van der Waals surface area contributed by atoms with Crippen molar-refractivity contribution in [3.63, 3.8) is 0 Å². The van der Waals surface area contributed by atoms with Crippen LogP contribution in [0.5, 0.6) is 0 Å². The number of likely N-dealkylation sites (tertiary alicyclic amines) is 2. The second-order valence-corrected chi connectivity index (χ2v) is 8.59. The summed E-state index contributed by atoms with van der Waals surface area (Å²) in [4.78, 5) is 12.7. The fraction of sp³-hybridized carbons (Fsp3) is 0.696. The van der Waals surface area contributed by atoms with E-state index in [2.05, 4.69) is 71.4 Å². The second kappa shape index (κ2) is 12.1. The number of nitrogens with one attached hydrogen (secondary N) is 1. The number of guanidine groups is 1. The van der Waals surface area contributed by atoms with Crippen LogP contribution in [0.4, 0.5) is 0 Å². The third-order valence-electron chi connectivity index (χ3n) is 6.43. The number of hydrogen-bond acceptors (Lipinski definition) is 3. The summed E-state index contributed by atoms with van der Waals surface area (Å²) in [6.07, 6.45) is 6.53. The van der Waals surface area contributed by atoms with E-state index in [9.17, 15) is 0 Å². The van der Waals surface area contributed by atoms with E-state index in [0.717, 1.165) is 25.6 Å². The molecule has 2 saturated heterocycles. The van der Waals surface area contributed by atoms with Gasteiger partial charge in [0.1, 0.15) is 0 Å². The van der Waals surface area contributed by atoms with Crippen LogP contribution >= 0.6 is 24.0 Å². The summed E-state index contributed by atoms with van der Waals surface area (Å²) in [5.41, 5.74) is 1.56. The van der Waals surface area contributed by atoms with E-state index in [1.807, 2.05) is 0 Å². The maximum Gasteiger partial charge on any atom is 0.194 e. The number of aliphatic imine (C=N–C) groups is 1. The van der Waals surface area contributed by atoms with Gasteiger partial charge in [0.15, 0.2) is 5.96 Å². The minimum Gasteiger partial charge on any atom is -0.357 e. The van der Waals surface area contributed by atoms with E-state index in [1.54, 1.807) is 0 Å². The van der Waals surface area contributed by atoms with Crippen molar-refractivity contribution in [2.75, 3.05) is 53.4 Å². The molecule has 0 spiro atoms. The van der Waals surface area contributed by atoms with Crippen LogP contribution in [0, 0.1) is 0 Å². The molecule has 0 aliphatic carbocycles. The van der Waals surface area contributed by atoms with E-state index >= 15 is 0 Å². The molecule has 1 N–H and O–H groups in total. The molecule has 29 heavy (non-hydrogen) atoms. The Labute approximate surface area is 194 Å². The Morgan fingerprint density at radius 3 is 2.34 bits per heavy atom. The van der Waals surface area contributed by atoms with Crippen molar-refractivity contribution in [1.29, 1.82) is 0 Å². The predicted octanol–water partition coefficient (Wildman–Crippen LogP) is 3.65. The minimum absolute atomic E-state index is 0. The lowest BCUT2D eigenvalue weighted by atomic mass is 9.84. The number of rotatable bonds is 6. The van der Waals surface area contributed by atoms with E-state index in [4.69, 9.17) is 4.99 Å². The van der Waals surface area contributed by atoms with Gasteiger partial charge in [0.2, 0.25) is 0 Å². The maximum atomic E-state index is 5.18. The van der Waals surface area contributed by atoms with Gasteiger partial charge < -0.3 is 15.1 Å². The summed E-state index contributed by atoms with van der Waals surface area (Å²) in [6.45, 7) is 9.70. The first kappa shape index (κ1) is 24.4. The third kappa shape index (κ3) is 6.82. The third-order valence-corrected chi connectivity index (χ3v) is 6.43. The standard InChI is InChI=1S/C23H39N5.HI/c1-4-24-22(27(3)19-21-11-7-5-8-12-21)25-20-23(13-17-26(2)18-14-23)28-15-9-6-10-16-28;/h5,7-8,11-12H,4,6,9-10,13-20H2,1-3H3,(H,24,25);1H. The van der Waals surface area contributed by atoms with Gasteiger partial charge in [-0.25, -0.2) is 0 Å². The van der Waals surface area contributed by atoms with Crippen LogP contribution in [0.1, 0.15) is 44.6 Å². The van der Waals surface area contributed by atoms with Crippen molar-refractivity contribution in [3.05, 3.63) is 35.9 Å². The van der Waals surface area contributed by atoms with Crippen LogP contribution in [0.2, 0.25) is 0 Å². The van der Waals surface area contributed by atoms with Crippen molar-refractivity contribution in [2.24, 2.45) is 4.99 Å². The zero-order valence-electron chi connectivity index (χ0n) is 18.6. The Balaban J connectivity index is 0.00000300. The monoisotopic (exact) mass is 513 g/mol. The average molecular weight is 514 g/mol. The van der Waals surface area contributed by atoms with Crippen molar-refractivity contribution in [2.45, 2.75) is 51.1 Å². The summed E-state index contributed by atoms with van der Waals surface area (Å²) in [7, 11) is 4.40. The first-order valence-electron chi connectivity index (χ1n) is 11.1. The van der Waals surface area contributed by atoms with Crippen molar-refractivity contribution in [1.82, 2.24) is 20.0 Å². The second-order valence-electron chi connectivity index (χ2n) is 8.59. The molecule has 0 bridgehead atoms. The lowest BCUT2D eigenvalue weighted by molar-refractivity contribution is 0.0206. The number of piperidine rings is 2. The Bertz CT molecular complexity index is 607. The zero-order chi connectivity index (χ0) is 19.8. The van der Waals surface area contributed by atoms with Crippen LogP contribution < -0.4 is 5.32 Å². The summed E-state index contributed by atoms with van der Waals surface area (Å²) < 4.78 is 0. The Morgan fingerprint density at radius 2 is 1.72 bits per heavy atom. The Morgan fingerprint density at radius 1 is 1.07 bits per heavy atom. The highest BCUT2D eigenvalue weighted by Crippen LogP contribution is 2.31. The molecule has 164 valence electrons. The van der Waals surface area contributed by atoms with Gasteiger partial charge in [-0.05, 0) is 71.4 Å². The first-order valence-corrected chi connectivity index (χ1v) is 11.1. The van der Waals surface area contributed by atoms with E-state index in [-0.39, 0.29) is 29.5 Å². The van der Waals surface area contributed by atoms with E-state index < -0.39 is 0 Å². The summed E-state index contributed by atoms with van der Waals surface area (Å²) in [6, 6.07) is 10.7. The largest absolute Gasteiger partial charge is 0.357 e. The topological polar surface area (TPSA) is 34.1 Å². The quantitative estimate of drug-likeness (QED) is 0.358. The SMILES string of the molecule is CCNC(=NCC1(N2CCCCC2)CCN(C)CC1)N(C)Cc1ccccc1.I. The zero-order valence-corrected chi connectivity index (χ0v) is 20.9. The molecule has 2 aliphatic rings. The molecule has 1 aromatic carbocycles. The van der Waals surface area contributed by atoms with Gasteiger partial charge in [-0.3, -0.25) is 9.89 Å². The smallest absolute Gasteiger partial charge is 0.194 e. The molecule has 2 fully saturated rings. The van der Waals surface area contributed by atoms with Gasteiger partial charge in [0, 0.05) is 25.7 Å². The maximum absolute atomic E-state index is 5.18. The highest BCUT2D eigenvalue weighted by molar-refractivity contribution is 14.0. The van der Waals surface area contributed by atoms with Gasteiger partial charge in [-0.15, -0.1) is 24.0 Å². The van der Waals surface area contributed by atoms with Gasteiger partial charge in [0.05, 0.1) is 6.54 Å². The predicted molar refractivity (Wildman–Crippen MR) is 134 cm³/mol. The molecular weight excluding hydrogens is 473 g/mol. The lowest BCUT2D eigenvalue weighted by Crippen LogP contribution is -2.58. The molecule has 0 saturated carbocycles. The normalized spacial score (nSPS) is 20.7. The van der Waals surface area contributed by atoms with Crippen LogP contribution in [0.15, 0.2) is 35.3 Å². The fourth-order valence-electron chi connectivity index (χ4n) is 4.60. The highest BCUT2D eigenvalue weighted by Gasteiger charge is 2.39. The Kier molecular flexibility index (Phi) is 10.2. The Hall–Kier alpha value is -0.860. The van der Waals surface area contributed by atoms with Crippen LogP contribution in [0.25, 0.3) is 0 Å². The molecule has 2 heterocycles. The van der Waals surface area contributed by atoms with Crippen LogP contribution in [-0.4, -0.2) is 79.6 Å². The van der Waals surface area contributed by atoms with Gasteiger partial charge in [-0.2, -0.15) is 0 Å². The fourth-order valence-corrected chi connectivity index (χ4v) is 4.60. The molecule has 0 atom stereocenters. The van der Waals surface area contributed by atoms with Gasteiger partial charge in [-0.1, -0.05) is 36.8 Å². The summed E-state index contributed by atoms with van der Waals surface area (Å²) >= 11 is 0. The van der Waals surface area contributed by atoms with Crippen LogP contribution in [0.3, 0.4) is 0 Å². The molecule has 0 aromatic heterocycles. The molecule has 0 unspecified atom stereocenters. The molecule has 2 aliphatic heterocycles. The van der Waals surface area contributed by atoms with E-state index in [1.165, 1.54) is 63.8 Å². The molecule has 0 amide bonds. The van der Waals surface area contributed by atoms with Gasteiger partial charge in [0.25, 0.3) is 0 Å².